The van der Waals surface area contributed by atoms with Crippen molar-refractivity contribution in [2.75, 3.05) is 32.8 Å². The van der Waals surface area contributed by atoms with Gasteiger partial charge in [-0.05, 0) is 31.4 Å². The number of aromatic nitrogens is 1. The molecule has 0 radical (unpaired) electrons. The lowest BCUT2D eigenvalue weighted by Crippen LogP contribution is -2.53. The molecule has 1 aromatic heterocycles. The largest absolute Gasteiger partial charge is 0.396 e. The van der Waals surface area contributed by atoms with Crippen LogP contribution in [0.25, 0.3) is 11.3 Å². The highest BCUT2D eigenvalue weighted by molar-refractivity contribution is 7.09. The van der Waals surface area contributed by atoms with Crippen LogP contribution in [0.4, 0.5) is 0 Å². The zero-order valence-corrected chi connectivity index (χ0v) is 18.3. The summed E-state index contributed by atoms with van der Waals surface area (Å²) in [6.45, 7) is 5.39. The van der Waals surface area contributed by atoms with E-state index in [0.29, 0.717) is 6.04 Å². The van der Waals surface area contributed by atoms with Crippen LogP contribution >= 0.6 is 11.3 Å². The zero-order chi connectivity index (χ0) is 20.6. The van der Waals surface area contributed by atoms with Crippen molar-refractivity contribution >= 4 is 11.3 Å². The Kier molecular flexibility index (Phi) is 7.65. The quantitative estimate of drug-likeness (QED) is 0.559. The third kappa shape index (κ3) is 5.76. The van der Waals surface area contributed by atoms with E-state index in [0.717, 1.165) is 51.3 Å². The van der Waals surface area contributed by atoms with Crippen LogP contribution < -0.4 is 0 Å². The molecule has 5 heteroatoms. The number of thiazole rings is 1. The molecule has 0 saturated carbocycles. The molecule has 158 valence electrons. The Balaban J connectivity index is 1.30. The number of piperazine rings is 1. The topological polar surface area (TPSA) is 39.6 Å². The van der Waals surface area contributed by atoms with Crippen LogP contribution in [0.1, 0.15) is 23.4 Å². The van der Waals surface area contributed by atoms with E-state index in [9.17, 15) is 5.11 Å². The fourth-order valence-electron chi connectivity index (χ4n) is 4.27. The third-order valence-electron chi connectivity index (χ3n) is 5.88. The molecule has 0 amide bonds. The zero-order valence-electron chi connectivity index (χ0n) is 17.5. The van der Waals surface area contributed by atoms with Gasteiger partial charge in [-0.1, -0.05) is 60.7 Å². The number of aliphatic hydroxyl groups is 1. The summed E-state index contributed by atoms with van der Waals surface area (Å²) < 4.78 is 0. The summed E-state index contributed by atoms with van der Waals surface area (Å²) in [6.07, 6.45) is 3.13. The van der Waals surface area contributed by atoms with Crippen LogP contribution in [0.2, 0.25) is 0 Å². The lowest BCUT2D eigenvalue weighted by atomic mass is 10.1. The first-order valence-electron chi connectivity index (χ1n) is 10.9. The Morgan fingerprint density at radius 3 is 2.53 bits per heavy atom. The first-order chi connectivity index (χ1) is 14.8. The summed E-state index contributed by atoms with van der Waals surface area (Å²) >= 11 is 1.75. The molecule has 2 heterocycles. The minimum Gasteiger partial charge on any atom is -0.396 e. The maximum absolute atomic E-state index is 9.59. The van der Waals surface area contributed by atoms with Crippen LogP contribution in [0.15, 0.2) is 66.0 Å². The number of aryl methyl sites for hydroxylation is 1. The smallest absolute Gasteiger partial charge is 0.107 e. The fraction of sp³-hybridized carbons (Fsp3) is 0.400. The van der Waals surface area contributed by atoms with Gasteiger partial charge in [0, 0.05) is 43.2 Å². The summed E-state index contributed by atoms with van der Waals surface area (Å²) in [5.41, 5.74) is 3.66. The number of aliphatic hydroxyl groups excluding tert-OH is 1. The summed E-state index contributed by atoms with van der Waals surface area (Å²) in [7, 11) is 0. The molecule has 0 unspecified atom stereocenters. The number of rotatable bonds is 9. The highest BCUT2D eigenvalue weighted by Gasteiger charge is 2.26. The number of hydrogen-bond acceptors (Lipinski definition) is 5. The predicted octanol–water partition coefficient (Wildman–Crippen LogP) is 4.31. The van der Waals surface area contributed by atoms with Gasteiger partial charge in [-0.15, -0.1) is 11.3 Å². The summed E-state index contributed by atoms with van der Waals surface area (Å²) in [4.78, 5) is 9.94. The average Bonchev–Trinajstić information content (AvgIpc) is 3.25. The van der Waals surface area contributed by atoms with E-state index < -0.39 is 0 Å². The minimum atomic E-state index is 0.253. The minimum absolute atomic E-state index is 0.253. The van der Waals surface area contributed by atoms with Crippen LogP contribution in [0.3, 0.4) is 0 Å². The molecule has 0 bridgehead atoms. The maximum atomic E-state index is 9.59. The molecule has 1 atom stereocenters. The molecule has 1 aliphatic rings. The molecule has 3 aromatic rings. The molecule has 30 heavy (non-hydrogen) atoms. The van der Waals surface area contributed by atoms with Gasteiger partial charge >= 0.3 is 0 Å². The van der Waals surface area contributed by atoms with Crippen molar-refractivity contribution in [3.05, 3.63) is 76.6 Å². The van der Waals surface area contributed by atoms with Crippen LogP contribution in [-0.2, 0) is 13.0 Å². The van der Waals surface area contributed by atoms with Crippen molar-refractivity contribution in [3.63, 3.8) is 0 Å². The van der Waals surface area contributed by atoms with Crippen molar-refractivity contribution in [1.29, 1.82) is 0 Å². The Morgan fingerprint density at radius 1 is 1.00 bits per heavy atom. The van der Waals surface area contributed by atoms with Gasteiger partial charge in [-0.25, -0.2) is 4.98 Å². The second kappa shape index (κ2) is 10.8. The Labute approximate surface area is 183 Å². The first-order valence-corrected chi connectivity index (χ1v) is 11.8. The Morgan fingerprint density at radius 2 is 1.77 bits per heavy atom. The maximum Gasteiger partial charge on any atom is 0.107 e. The van der Waals surface area contributed by atoms with Gasteiger partial charge in [0.2, 0.25) is 0 Å². The number of hydrogen-bond donors (Lipinski definition) is 1. The average molecular weight is 422 g/mol. The molecule has 1 saturated heterocycles. The van der Waals surface area contributed by atoms with Gasteiger partial charge in [0.15, 0.2) is 0 Å². The molecule has 0 aliphatic carbocycles. The Bertz CT molecular complexity index is 884. The summed E-state index contributed by atoms with van der Waals surface area (Å²) in [5.74, 6) is 0. The number of benzene rings is 2. The molecular formula is C25H31N3OS. The normalized spacial score (nSPS) is 18.0. The van der Waals surface area contributed by atoms with E-state index in [1.807, 2.05) is 6.07 Å². The molecule has 1 fully saturated rings. The molecular weight excluding hydrogens is 390 g/mol. The van der Waals surface area contributed by atoms with Crippen molar-refractivity contribution in [1.82, 2.24) is 14.8 Å². The van der Waals surface area contributed by atoms with Crippen molar-refractivity contribution in [2.24, 2.45) is 0 Å². The van der Waals surface area contributed by atoms with Crippen molar-refractivity contribution in [3.8, 4) is 11.3 Å². The van der Waals surface area contributed by atoms with Gasteiger partial charge in [-0.3, -0.25) is 9.80 Å². The van der Waals surface area contributed by atoms with E-state index in [4.69, 9.17) is 4.98 Å². The van der Waals surface area contributed by atoms with E-state index >= 15 is 0 Å². The third-order valence-corrected chi connectivity index (χ3v) is 6.72. The highest BCUT2D eigenvalue weighted by Crippen LogP contribution is 2.23. The first kappa shape index (κ1) is 21.2. The molecule has 0 spiro atoms. The predicted molar refractivity (Wildman–Crippen MR) is 125 cm³/mol. The van der Waals surface area contributed by atoms with Gasteiger partial charge in [0.25, 0.3) is 0 Å². The SMILES string of the molecule is OCC[C@@H]1CN(Cc2nc(-c3ccccc3)cs2)CCN1CCCc1ccccc1. The van der Waals surface area contributed by atoms with Gasteiger partial charge in [-0.2, -0.15) is 0 Å². The second-order valence-electron chi connectivity index (χ2n) is 8.02. The van der Waals surface area contributed by atoms with Gasteiger partial charge in [0.1, 0.15) is 5.01 Å². The molecule has 4 nitrogen and oxygen atoms in total. The van der Waals surface area contributed by atoms with E-state index in [-0.39, 0.29) is 6.61 Å². The monoisotopic (exact) mass is 421 g/mol. The molecule has 1 N–H and O–H groups in total. The lowest BCUT2D eigenvalue weighted by molar-refractivity contribution is 0.0546. The molecule has 2 aromatic carbocycles. The van der Waals surface area contributed by atoms with E-state index in [1.54, 1.807) is 11.3 Å². The molecule has 1 aliphatic heterocycles. The van der Waals surface area contributed by atoms with Crippen molar-refractivity contribution < 1.29 is 5.11 Å². The Hall–Kier alpha value is -2.05. The number of nitrogens with zero attached hydrogens (tertiary/aromatic N) is 3. The van der Waals surface area contributed by atoms with Crippen molar-refractivity contribution in [2.45, 2.75) is 31.8 Å². The van der Waals surface area contributed by atoms with E-state index in [2.05, 4.69) is 69.8 Å². The standard InChI is InChI=1S/C25H31N3OS/c29-17-13-23-18-27(15-16-28(23)14-7-10-21-8-3-1-4-9-21)19-25-26-24(20-30-25)22-11-5-2-6-12-22/h1-6,8-9,11-12,20,23,29H,7,10,13-19H2/t23-/m1/s1. The summed E-state index contributed by atoms with van der Waals surface area (Å²) in [5, 5.41) is 12.9. The highest BCUT2D eigenvalue weighted by atomic mass is 32.1. The van der Waals surface area contributed by atoms with Gasteiger partial charge in [0.05, 0.1) is 12.2 Å². The van der Waals surface area contributed by atoms with E-state index in [1.165, 1.54) is 22.6 Å². The van der Waals surface area contributed by atoms with Crippen LogP contribution in [0, 0.1) is 0 Å². The lowest BCUT2D eigenvalue weighted by Gasteiger charge is -2.41. The molecule has 4 rings (SSSR count). The fourth-order valence-corrected chi connectivity index (χ4v) is 5.11. The summed E-state index contributed by atoms with van der Waals surface area (Å²) in [6, 6.07) is 21.5. The second-order valence-corrected chi connectivity index (χ2v) is 8.96. The van der Waals surface area contributed by atoms with Crippen LogP contribution in [-0.4, -0.2) is 58.7 Å². The van der Waals surface area contributed by atoms with Crippen LogP contribution in [0.5, 0.6) is 0 Å². The van der Waals surface area contributed by atoms with Gasteiger partial charge < -0.3 is 5.11 Å².